The minimum Gasteiger partial charge on any atom is -0.478 e. The quantitative estimate of drug-likeness (QED) is 0.144. The molecule has 3 nitrogen and oxygen atoms in total. The Labute approximate surface area is 182 Å². The lowest BCUT2D eigenvalue weighted by atomic mass is 10.1. The zero-order valence-electron chi connectivity index (χ0n) is 20.1. The van der Waals surface area contributed by atoms with Crippen molar-refractivity contribution in [3.63, 3.8) is 0 Å². The van der Waals surface area contributed by atoms with E-state index in [1.807, 2.05) is 0 Å². The first-order valence-corrected chi connectivity index (χ1v) is 15.3. The molecule has 0 N–H and O–H groups in total. The van der Waals surface area contributed by atoms with Gasteiger partial charge in [0.2, 0.25) is 0 Å². The van der Waals surface area contributed by atoms with Crippen LogP contribution in [0.5, 0.6) is 0 Å². The van der Waals surface area contributed by atoms with Crippen molar-refractivity contribution in [3.05, 3.63) is 24.3 Å². The molecule has 0 radical (unpaired) electrons. The summed E-state index contributed by atoms with van der Waals surface area (Å²) in [6, 6.07) is 0. The summed E-state index contributed by atoms with van der Waals surface area (Å²) >= 11 is 0. The molecular weight excluding hydrogens is 374 g/mol. The van der Waals surface area contributed by atoms with Crippen molar-refractivity contribution >= 4 is 14.2 Å². The Morgan fingerprint density at radius 3 is 2.38 bits per heavy atom. The first-order chi connectivity index (χ1) is 13.7. The maximum atomic E-state index is 6.27. The van der Waals surface area contributed by atoms with Gasteiger partial charge in [-0.15, -0.1) is 0 Å². The molecule has 29 heavy (non-hydrogen) atoms. The van der Waals surface area contributed by atoms with Crippen LogP contribution in [0, 0.1) is 0 Å². The zero-order chi connectivity index (χ0) is 21.6. The second-order valence-corrected chi connectivity index (χ2v) is 14.4. The molecular formula is C25H47NO2Si. The van der Waals surface area contributed by atoms with Crippen LogP contribution in [0.15, 0.2) is 29.3 Å². The van der Waals surface area contributed by atoms with Crippen LogP contribution >= 0.6 is 0 Å². The molecule has 1 heterocycles. The molecule has 0 aromatic carbocycles. The number of hydrogen-bond acceptors (Lipinski definition) is 3. The average Bonchev–Trinajstić information content (AvgIpc) is 2.96. The summed E-state index contributed by atoms with van der Waals surface area (Å²) in [5.41, 5.74) is -0.00414. The fourth-order valence-corrected chi connectivity index (χ4v) is 4.76. The second kappa shape index (κ2) is 14.2. The highest BCUT2D eigenvalue weighted by Crippen LogP contribution is 2.20. The van der Waals surface area contributed by atoms with Gasteiger partial charge in [0.15, 0.2) is 14.2 Å². The lowest BCUT2D eigenvalue weighted by Crippen LogP contribution is -2.31. The van der Waals surface area contributed by atoms with E-state index in [0.29, 0.717) is 6.10 Å². The molecule has 4 heteroatoms. The molecule has 0 saturated heterocycles. The van der Waals surface area contributed by atoms with Gasteiger partial charge in [-0.05, 0) is 72.0 Å². The standard InChI is InChI=1S/C25H47NO2Si/c1-7-19-23(28-29(4,5)6)20-17-15-13-11-9-8-10-12-14-16-18-21-24-26-25(2,3)22-27-24/h9,11,15,17,23H,7-8,10,12-14,16,18-22H2,1-6H3/b11-9-,17-15-. The summed E-state index contributed by atoms with van der Waals surface area (Å²) in [4.78, 5) is 4.62. The Morgan fingerprint density at radius 1 is 1.03 bits per heavy atom. The topological polar surface area (TPSA) is 30.8 Å². The van der Waals surface area contributed by atoms with Gasteiger partial charge in [-0.25, -0.2) is 4.99 Å². The van der Waals surface area contributed by atoms with Gasteiger partial charge in [0.25, 0.3) is 0 Å². The van der Waals surface area contributed by atoms with Crippen molar-refractivity contribution in [2.45, 2.75) is 123 Å². The predicted molar refractivity (Wildman–Crippen MR) is 130 cm³/mol. The van der Waals surface area contributed by atoms with Crippen molar-refractivity contribution in [1.29, 1.82) is 0 Å². The zero-order valence-corrected chi connectivity index (χ0v) is 21.1. The number of unbranched alkanes of at least 4 members (excludes halogenated alkanes) is 5. The van der Waals surface area contributed by atoms with Crippen LogP contribution in [0.3, 0.4) is 0 Å². The van der Waals surface area contributed by atoms with Crippen molar-refractivity contribution in [2.24, 2.45) is 4.99 Å². The molecule has 168 valence electrons. The van der Waals surface area contributed by atoms with Gasteiger partial charge >= 0.3 is 0 Å². The number of aliphatic imine (C=N–C) groups is 1. The van der Waals surface area contributed by atoms with E-state index in [0.717, 1.165) is 31.8 Å². The van der Waals surface area contributed by atoms with Gasteiger partial charge in [0, 0.05) is 12.5 Å². The van der Waals surface area contributed by atoms with E-state index < -0.39 is 8.32 Å². The highest BCUT2D eigenvalue weighted by molar-refractivity contribution is 6.69. The number of nitrogens with zero attached hydrogens (tertiary/aromatic N) is 1. The second-order valence-electron chi connectivity index (χ2n) is 9.97. The highest BCUT2D eigenvalue weighted by Gasteiger charge is 2.25. The van der Waals surface area contributed by atoms with Crippen LogP contribution in [0.2, 0.25) is 19.6 Å². The lowest BCUT2D eigenvalue weighted by molar-refractivity contribution is 0.185. The van der Waals surface area contributed by atoms with Gasteiger partial charge in [0.05, 0.1) is 5.54 Å². The van der Waals surface area contributed by atoms with Crippen LogP contribution in [0.4, 0.5) is 0 Å². The van der Waals surface area contributed by atoms with Gasteiger partial charge in [-0.3, -0.25) is 0 Å². The molecule has 1 rings (SSSR count). The number of allylic oxidation sites excluding steroid dienone is 3. The Kier molecular flexibility index (Phi) is 12.8. The minimum atomic E-state index is -1.43. The summed E-state index contributed by atoms with van der Waals surface area (Å²) in [7, 11) is -1.43. The van der Waals surface area contributed by atoms with Gasteiger partial charge in [-0.2, -0.15) is 0 Å². The molecule has 1 unspecified atom stereocenters. The average molecular weight is 422 g/mol. The molecule has 0 bridgehead atoms. The first kappa shape index (κ1) is 26.2. The van der Waals surface area contributed by atoms with Crippen LogP contribution in [0.25, 0.3) is 0 Å². The maximum Gasteiger partial charge on any atom is 0.184 e. The normalized spacial score (nSPS) is 17.8. The SMILES string of the molecule is CCCC(C/C=C\C/C=C\CCCCCCCC1=NC(C)(C)CO1)O[Si](C)(C)C. The molecule has 0 aromatic heterocycles. The third kappa shape index (κ3) is 14.7. The molecule has 0 spiro atoms. The van der Waals surface area contributed by atoms with E-state index in [1.54, 1.807) is 0 Å². The Balaban J connectivity index is 1.98. The van der Waals surface area contributed by atoms with E-state index in [4.69, 9.17) is 9.16 Å². The fourth-order valence-electron chi connectivity index (χ4n) is 3.54. The summed E-state index contributed by atoms with van der Waals surface area (Å²) in [6.07, 6.45) is 22.8. The van der Waals surface area contributed by atoms with Crippen LogP contribution in [-0.4, -0.2) is 32.5 Å². The van der Waals surface area contributed by atoms with E-state index >= 15 is 0 Å². The molecule has 0 aromatic rings. The molecule has 0 saturated carbocycles. The number of hydrogen-bond donors (Lipinski definition) is 0. The molecule has 0 aliphatic carbocycles. The van der Waals surface area contributed by atoms with Crippen LogP contribution in [-0.2, 0) is 9.16 Å². The summed E-state index contributed by atoms with van der Waals surface area (Å²) in [5, 5.41) is 0. The molecule has 1 atom stereocenters. The number of rotatable bonds is 16. The van der Waals surface area contributed by atoms with Crippen molar-refractivity contribution in [1.82, 2.24) is 0 Å². The molecule has 0 amide bonds. The fraction of sp³-hybridized carbons (Fsp3) is 0.800. The van der Waals surface area contributed by atoms with Crippen LogP contribution < -0.4 is 0 Å². The first-order valence-electron chi connectivity index (χ1n) is 11.9. The van der Waals surface area contributed by atoms with E-state index in [2.05, 4.69) is 69.7 Å². The van der Waals surface area contributed by atoms with Gasteiger partial charge in [0.1, 0.15) is 6.61 Å². The molecule has 1 aliphatic rings. The monoisotopic (exact) mass is 421 g/mol. The Morgan fingerprint density at radius 2 is 1.72 bits per heavy atom. The number of ether oxygens (including phenoxy) is 1. The lowest BCUT2D eigenvalue weighted by Gasteiger charge is -2.25. The highest BCUT2D eigenvalue weighted by atomic mass is 28.4. The van der Waals surface area contributed by atoms with Crippen molar-refractivity contribution < 1.29 is 9.16 Å². The maximum absolute atomic E-state index is 6.27. The smallest absolute Gasteiger partial charge is 0.184 e. The van der Waals surface area contributed by atoms with Crippen molar-refractivity contribution in [3.8, 4) is 0 Å². The summed E-state index contributed by atoms with van der Waals surface area (Å²) in [6.45, 7) is 14.1. The summed E-state index contributed by atoms with van der Waals surface area (Å²) in [5.74, 6) is 0.971. The Bertz CT molecular complexity index is 517. The van der Waals surface area contributed by atoms with Crippen molar-refractivity contribution in [2.75, 3.05) is 6.61 Å². The van der Waals surface area contributed by atoms with E-state index in [9.17, 15) is 0 Å². The molecule has 1 aliphatic heterocycles. The van der Waals surface area contributed by atoms with E-state index in [-0.39, 0.29) is 5.54 Å². The van der Waals surface area contributed by atoms with Gasteiger partial charge in [-0.1, -0.05) is 56.9 Å². The third-order valence-corrected chi connectivity index (χ3v) is 5.96. The third-order valence-electron chi connectivity index (χ3n) is 4.92. The predicted octanol–water partition coefficient (Wildman–Crippen LogP) is 7.84. The Hall–Kier alpha value is -0.873. The van der Waals surface area contributed by atoms with Crippen LogP contribution in [0.1, 0.15) is 91.4 Å². The minimum absolute atomic E-state index is 0.00414. The largest absolute Gasteiger partial charge is 0.478 e. The van der Waals surface area contributed by atoms with Gasteiger partial charge < -0.3 is 9.16 Å². The summed E-state index contributed by atoms with van der Waals surface area (Å²) < 4.78 is 11.9. The molecule has 0 fully saturated rings. The van der Waals surface area contributed by atoms with E-state index in [1.165, 1.54) is 51.4 Å².